The van der Waals surface area contributed by atoms with Crippen LogP contribution in [0.25, 0.3) is 6.08 Å². The van der Waals surface area contributed by atoms with Gasteiger partial charge in [0.05, 0.1) is 0 Å². The number of hydrogen-bond acceptors (Lipinski definition) is 0. The van der Waals surface area contributed by atoms with Gasteiger partial charge in [0.2, 0.25) is 0 Å². The minimum absolute atomic E-state index is 0. The van der Waals surface area contributed by atoms with Gasteiger partial charge in [0, 0.05) is 0 Å². The van der Waals surface area contributed by atoms with E-state index >= 15 is 0 Å². The van der Waals surface area contributed by atoms with Crippen LogP contribution < -0.4 is 0 Å². The van der Waals surface area contributed by atoms with E-state index in [0.717, 1.165) is 5.56 Å². The zero-order chi connectivity index (χ0) is 6.69. The Labute approximate surface area is 55.8 Å². The maximum Gasteiger partial charge on any atom is 0 e. The topological polar surface area (TPSA) is 0 Å². The number of rotatable bonds is 1. The van der Waals surface area contributed by atoms with E-state index < -0.39 is 0 Å². The van der Waals surface area contributed by atoms with E-state index in [9.17, 15) is 0 Å². The molecule has 0 atom stereocenters. The molecule has 48 valence electrons. The van der Waals surface area contributed by atoms with Gasteiger partial charge in [-0.15, -0.1) is 12.1 Å². The van der Waals surface area contributed by atoms with Crippen molar-refractivity contribution in [3.8, 4) is 0 Å². The predicted molar refractivity (Wildman–Crippen MR) is 39.9 cm³/mol. The first-order chi connectivity index (χ1) is 4.33. The van der Waals surface area contributed by atoms with Crippen LogP contribution in [0.4, 0.5) is 0 Å². The molecule has 1 rings (SSSR count). The first-order valence-corrected chi connectivity index (χ1v) is 2.94. The Morgan fingerprint density at radius 3 is 2.10 bits per heavy atom. The van der Waals surface area contributed by atoms with E-state index in [2.05, 4.69) is 6.92 Å². The van der Waals surface area contributed by atoms with Crippen molar-refractivity contribution < 1.29 is 0 Å². The van der Waals surface area contributed by atoms with Gasteiger partial charge in [-0.1, -0.05) is 17.7 Å². The summed E-state index contributed by atoms with van der Waals surface area (Å²) in [5, 5.41) is 0. The van der Waals surface area contributed by atoms with Crippen molar-refractivity contribution in [3.63, 3.8) is 0 Å². The van der Waals surface area contributed by atoms with E-state index in [1.165, 1.54) is 5.56 Å². The van der Waals surface area contributed by atoms with Crippen LogP contribution in [0.2, 0.25) is 0 Å². The largest absolute Gasteiger partial charge is 0.292 e. The molecule has 10 heavy (non-hydrogen) atoms. The Balaban J connectivity index is 0.000000810. The van der Waals surface area contributed by atoms with Crippen LogP contribution in [0.15, 0.2) is 24.3 Å². The van der Waals surface area contributed by atoms with Crippen LogP contribution in [-0.4, -0.2) is 0 Å². The monoisotopic (exact) mass is 384 g/mol. The van der Waals surface area contributed by atoms with Gasteiger partial charge in [-0.05, 0) is 6.92 Å². The second-order valence-corrected chi connectivity index (χ2v) is 2.08. The van der Waals surface area contributed by atoms with E-state index in [1.807, 2.05) is 24.3 Å². The normalized spacial score (nSPS) is 8.10. The zero-order valence-corrected chi connectivity index (χ0v) is 12.6. The fourth-order valence-corrected chi connectivity index (χ4v) is 0.678. The molecular formula is C9H9Rf-. The molecule has 0 saturated carbocycles. The smallest absolute Gasteiger partial charge is 0 e. The molecule has 0 aliphatic rings. The zero-order valence-electron chi connectivity index (χ0n) is 6.17. The van der Waals surface area contributed by atoms with Crippen LogP contribution >= 0.6 is 0 Å². The summed E-state index contributed by atoms with van der Waals surface area (Å²) in [5.41, 5.74) is 2.33. The molecule has 0 N–H and O–H groups in total. The van der Waals surface area contributed by atoms with E-state index in [1.54, 1.807) is 6.08 Å². The Bertz CT molecular complexity index is 198. The van der Waals surface area contributed by atoms with Gasteiger partial charge in [-0.3, -0.25) is 6.58 Å². The number of benzene rings is 1. The summed E-state index contributed by atoms with van der Waals surface area (Å²) in [4.78, 5) is 0. The summed E-state index contributed by atoms with van der Waals surface area (Å²) in [6.07, 6.45) is 1.60. The fraction of sp³-hybridized carbons (Fsp3) is 0.111. The third-order valence-corrected chi connectivity index (χ3v) is 1.27. The van der Waals surface area contributed by atoms with Crippen LogP contribution in [0.1, 0.15) is 11.1 Å². The molecule has 0 unspecified atom stereocenters. The molecule has 0 aliphatic carbocycles. The maximum absolute atomic E-state index is 5.27. The van der Waals surface area contributed by atoms with Gasteiger partial charge >= 0.3 is 0 Å². The second-order valence-electron chi connectivity index (χ2n) is 2.08. The van der Waals surface area contributed by atoms with Crippen LogP contribution in [0, 0.1) is 13.5 Å². The summed E-state index contributed by atoms with van der Waals surface area (Å²) in [6, 6.07) is 8.07. The van der Waals surface area contributed by atoms with Crippen LogP contribution in [0.5, 0.6) is 0 Å². The first-order valence-electron chi connectivity index (χ1n) is 2.94. The number of hydrogen-bond donors (Lipinski definition) is 0. The van der Waals surface area contributed by atoms with Crippen molar-refractivity contribution in [2.75, 3.05) is 0 Å². The van der Waals surface area contributed by atoms with Crippen LogP contribution in [-0.2, 0) is 0 Å². The number of aryl methyl sites for hydroxylation is 1. The molecule has 0 saturated heterocycles. The van der Waals surface area contributed by atoms with Crippen molar-refractivity contribution in [2.45, 2.75) is 6.92 Å². The third-order valence-electron chi connectivity index (χ3n) is 1.27. The predicted octanol–water partition coefficient (Wildman–Crippen LogP) is 2.44. The molecule has 0 spiro atoms. The van der Waals surface area contributed by atoms with Crippen LogP contribution in [0.3, 0.4) is 0 Å². The first kappa shape index (κ1) is 7.96. The van der Waals surface area contributed by atoms with Crippen molar-refractivity contribution >= 4 is 6.08 Å². The van der Waals surface area contributed by atoms with Crippen molar-refractivity contribution in [2.24, 2.45) is 0 Å². The molecule has 1 aromatic rings. The van der Waals surface area contributed by atoms with Crippen molar-refractivity contribution in [1.82, 2.24) is 0 Å². The van der Waals surface area contributed by atoms with Crippen molar-refractivity contribution in [1.29, 1.82) is 0 Å². The quantitative estimate of drug-likeness (QED) is 0.653. The fourth-order valence-electron chi connectivity index (χ4n) is 0.678. The average Bonchev–Trinajstić information content (AvgIpc) is 1.90. The van der Waals surface area contributed by atoms with E-state index in [0.29, 0.717) is 0 Å². The SMILES string of the molecule is [CH-]=Cc1ccc(C)cc1.[Rf]. The molecule has 0 amide bonds. The molecule has 0 radical (unpaired) electrons. The average molecular weight is 384 g/mol. The standard InChI is InChI=1S/C9H9.Rf/c1-3-9-6-4-8(2)5-7-9;/h1,3-7H,2H3;/q-1;. The summed E-state index contributed by atoms with van der Waals surface area (Å²) in [5.74, 6) is 0. The molecule has 0 fully saturated rings. The Hall–Kier alpha value is -2.04. The molecular weight excluding hydrogens is 375 g/mol. The van der Waals surface area contributed by atoms with Crippen molar-refractivity contribution in [3.05, 3.63) is 42.0 Å². The molecule has 1 aromatic carbocycles. The molecule has 0 bridgehead atoms. The molecule has 1 heteroatoms. The Morgan fingerprint density at radius 1 is 1.20 bits per heavy atom. The molecule has 0 heterocycles. The summed E-state index contributed by atoms with van der Waals surface area (Å²) in [6.45, 7) is 7.33. The summed E-state index contributed by atoms with van der Waals surface area (Å²) in [7, 11) is 0. The molecule has 0 aromatic heterocycles. The van der Waals surface area contributed by atoms with Gasteiger partial charge in [-0.2, -0.15) is 5.56 Å². The Morgan fingerprint density at radius 2 is 1.70 bits per heavy atom. The second kappa shape index (κ2) is 3.08. The van der Waals surface area contributed by atoms with Gasteiger partial charge in [0.1, 0.15) is 0 Å². The van der Waals surface area contributed by atoms with Gasteiger partial charge in [-0.25, -0.2) is 6.08 Å². The van der Waals surface area contributed by atoms with Gasteiger partial charge in [0.25, 0.3) is 0 Å². The molecule has 0 nitrogen and oxygen atoms in total. The van der Waals surface area contributed by atoms with E-state index in [4.69, 9.17) is 6.58 Å². The summed E-state index contributed by atoms with van der Waals surface area (Å²) < 4.78 is 0. The Kier molecular flexibility index (Phi) is 2.45. The van der Waals surface area contributed by atoms with Gasteiger partial charge in [0.15, 0.2) is 0 Å². The molecule has 0 aliphatic heterocycles. The minimum atomic E-state index is 0. The summed E-state index contributed by atoms with van der Waals surface area (Å²) >= 11 is 0. The third kappa shape index (κ3) is 1.48. The maximum atomic E-state index is 5.27. The van der Waals surface area contributed by atoms with Gasteiger partial charge < -0.3 is 0 Å². The minimum Gasteiger partial charge on any atom is -0.292 e. The van der Waals surface area contributed by atoms with E-state index in [-0.39, 0.29) is 0 Å².